The van der Waals surface area contributed by atoms with Crippen LogP contribution in [0.3, 0.4) is 0 Å². The maximum Gasteiger partial charge on any atom is 0.287 e. The van der Waals surface area contributed by atoms with Crippen LogP contribution in [0.2, 0.25) is 0 Å². The van der Waals surface area contributed by atoms with E-state index in [1.54, 1.807) is 29.2 Å². The fourth-order valence-corrected chi connectivity index (χ4v) is 5.44. The maximum atomic E-state index is 12.9. The first-order valence-corrected chi connectivity index (χ1v) is 13.7. The highest BCUT2D eigenvalue weighted by atomic mass is 16.5. The van der Waals surface area contributed by atoms with Crippen LogP contribution in [-0.4, -0.2) is 60.3 Å². The average molecular weight is 544 g/mol. The number of hydrogen-bond donors (Lipinski definition) is 1. The summed E-state index contributed by atoms with van der Waals surface area (Å²) in [6, 6.07) is 14.2. The third kappa shape index (κ3) is 6.09. The molecule has 40 heavy (non-hydrogen) atoms. The number of nitrogens with one attached hydrogen (secondary N) is 1. The Morgan fingerprint density at radius 3 is 2.62 bits per heavy atom. The lowest BCUT2D eigenvalue weighted by Crippen LogP contribution is -2.44. The van der Waals surface area contributed by atoms with Gasteiger partial charge in [-0.15, -0.1) is 0 Å². The van der Waals surface area contributed by atoms with E-state index >= 15 is 0 Å². The molecule has 0 spiro atoms. The molecule has 0 unspecified atom stereocenters. The van der Waals surface area contributed by atoms with E-state index in [0.717, 1.165) is 31.9 Å². The minimum Gasteiger partial charge on any atom is -0.490 e. The van der Waals surface area contributed by atoms with E-state index in [4.69, 9.17) is 9.15 Å². The van der Waals surface area contributed by atoms with Crippen molar-refractivity contribution in [2.75, 3.05) is 32.8 Å². The Bertz CT molecular complexity index is 1490. The number of piperidine rings is 1. The summed E-state index contributed by atoms with van der Waals surface area (Å²) in [7, 11) is 0. The van der Waals surface area contributed by atoms with Crippen LogP contribution in [-0.2, 0) is 16.1 Å². The van der Waals surface area contributed by atoms with Crippen molar-refractivity contribution in [2.24, 2.45) is 0 Å². The molecule has 2 aromatic carbocycles. The van der Waals surface area contributed by atoms with Gasteiger partial charge in [-0.2, -0.15) is 0 Å². The number of carbonyl (C=O) groups is 3. The Hall–Kier alpha value is -4.40. The van der Waals surface area contributed by atoms with Crippen LogP contribution < -0.4 is 15.5 Å². The van der Waals surface area contributed by atoms with Crippen LogP contribution in [0, 0.1) is 0 Å². The molecular formula is C31H33N3O6. The third-order valence-electron chi connectivity index (χ3n) is 7.57. The Morgan fingerprint density at radius 2 is 1.88 bits per heavy atom. The second kappa shape index (κ2) is 12.2. The fraction of sp³-hybridized carbons (Fsp3) is 0.355. The number of amides is 3. The number of nitrogens with zero attached hydrogens (tertiary/aromatic N) is 2. The van der Waals surface area contributed by atoms with Gasteiger partial charge >= 0.3 is 0 Å². The molecule has 0 atom stereocenters. The van der Waals surface area contributed by atoms with Gasteiger partial charge in [-0.1, -0.05) is 36.9 Å². The highest BCUT2D eigenvalue weighted by Crippen LogP contribution is 2.31. The summed E-state index contributed by atoms with van der Waals surface area (Å²) in [5, 5.41) is 2.88. The summed E-state index contributed by atoms with van der Waals surface area (Å²) in [6.07, 6.45) is 4.76. The highest BCUT2D eigenvalue weighted by Gasteiger charge is 2.27. The summed E-state index contributed by atoms with van der Waals surface area (Å²) < 4.78 is 11.1. The van der Waals surface area contributed by atoms with Gasteiger partial charge in [0.15, 0.2) is 11.2 Å². The Morgan fingerprint density at radius 1 is 1.07 bits per heavy atom. The molecule has 0 saturated carbocycles. The minimum absolute atomic E-state index is 0.156. The van der Waals surface area contributed by atoms with Gasteiger partial charge in [0.1, 0.15) is 17.9 Å². The van der Waals surface area contributed by atoms with E-state index in [9.17, 15) is 19.2 Å². The molecule has 0 radical (unpaired) electrons. The van der Waals surface area contributed by atoms with Crippen LogP contribution in [0.15, 0.2) is 70.4 Å². The molecular weight excluding hydrogens is 510 g/mol. The lowest BCUT2D eigenvalue weighted by Gasteiger charge is -2.33. The topological polar surface area (TPSA) is 109 Å². The largest absolute Gasteiger partial charge is 0.490 e. The van der Waals surface area contributed by atoms with Crippen LogP contribution in [0.1, 0.15) is 53.3 Å². The van der Waals surface area contributed by atoms with Gasteiger partial charge in [0.2, 0.25) is 11.8 Å². The maximum absolute atomic E-state index is 12.9. The molecule has 1 aromatic heterocycles. The number of carbonyl (C=O) groups excluding carboxylic acids is 3. The quantitative estimate of drug-likeness (QED) is 0.413. The third-order valence-corrected chi connectivity index (χ3v) is 7.57. The second-order valence-corrected chi connectivity index (χ2v) is 10.2. The SMILES string of the molecule is C=CCOc1ccc2oc(C(=O)NCC(=O)N3CCC(c4ccccc4CN4CCCC4=O)CC3)cc(=O)c2c1. The monoisotopic (exact) mass is 543 g/mol. The molecule has 9 nitrogen and oxygen atoms in total. The first-order chi connectivity index (χ1) is 19.4. The number of ether oxygens (including phenoxy) is 1. The van der Waals surface area contributed by atoms with Crippen molar-refractivity contribution in [3.8, 4) is 5.75 Å². The predicted molar refractivity (Wildman–Crippen MR) is 150 cm³/mol. The Labute approximate surface area is 232 Å². The van der Waals surface area contributed by atoms with Gasteiger partial charge in [0.05, 0.1) is 11.9 Å². The molecule has 0 aliphatic carbocycles. The van der Waals surface area contributed by atoms with Gasteiger partial charge in [0, 0.05) is 38.7 Å². The fourth-order valence-electron chi connectivity index (χ4n) is 5.44. The number of fused-ring (bicyclic) bond motifs is 1. The molecule has 2 aliphatic rings. The van der Waals surface area contributed by atoms with E-state index in [2.05, 4.69) is 24.0 Å². The number of likely N-dealkylation sites (tertiary alicyclic amines) is 2. The summed E-state index contributed by atoms with van der Waals surface area (Å²) in [4.78, 5) is 54.0. The van der Waals surface area contributed by atoms with Gasteiger partial charge in [0.25, 0.3) is 5.91 Å². The number of rotatable bonds is 9. The standard InChI is InChI=1S/C31H33N3O6/c1-2-16-39-23-9-10-27-25(17-23)26(35)18-28(40-27)31(38)32-19-30(37)33-14-11-21(12-15-33)24-7-4-3-6-22(24)20-34-13-5-8-29(34)36/h2-4,6-7,9-10,17-18,21H,1,5,8,11-16,19-20H2,(H,32,38). The van der Waals surface area contributed by atoms with E-state index < -0.39 is 5.91 Å². The van der Waals surface area contributed by atoms with Crippen LogP contribution in [0.4, 0.5) is 0 Å². The molecule has 3 amide bonds. The summed E-state index contributed by atoms with van der Waals surface area (Å²) in [6.45, 7) is 6.31. The van der Waals surface area contributed by atoms with Crippen molar-refractivity contribution in [3.05, 3.63) is 88.3 Å². The zero-order valence-electron chi connectivity index (χ0n) is 22.4. The van der Waals surface area contributed by atoms with Crippen molar-refractivity contribution in [1.29, 1.82) is 0 Å². The van der Waals surface area contributed by atoms with Crippen molar-refractivity contribution in [2.45, 2.75) is 38.1 Å². The summed E-state index contributed by atoms with van der Waals surface area (Å²) in [5.41, 5.74) is 2.30. The van der Waals surface area contributed by atoms with E-state index in [1.807, 2.05) is 17.0 Å². The molecule has 3 heterocycles. The van der Waals surface area contributed by atoms with Gasteiger partial charge in [-0.05, 0) is 54.5 Å². The lowest BCUT2D eigenvalue weighted by atomic mass is 9.86. The zero-order chi connectivity index (χ0) is 28.1. The first kappa shape index (κ1) is 27.2. The van der Waals surface area contributed by atoms with Gasteiger partial charge < -0.3 is 24.3 Å². The van der Waals surface area contributed by atoms with E-state index in [-0.39, 0.29) is 35.1 Å². The number of benzene rings is 2. The van der Waals surface area contributed by atoms with E-state index in [0.29, 0.717) is 49.7 Å². The second-order valence-electron chi connectivity index (χ2n) is 10.2. The van der Waals surface area contributed by atoms with Gasteiger partial charge in [-0.25, -0.2) is 0 Å². The molecule has 1 N–H and O–H groups in total. The lowest BCUT2D eigenvalue weighted by molar-refractivity contribution is -0.131. The normalized spacial score (nSPS) is 15.8. The predicted octanol–water partition coefficient (Wildman–Crippen LogP) is 3.62. The molecule has 2 aliphatic heterocycles. The summed E-state index contributed by atoms with van der Waals surface area (Å²) in [5.74, 6) is 0.0492. The molecule has 0 bridgehead atoms. The van der Waals surface area contributed by atoms with Crippen molar-refractivity contribution in [1.82, 2.24) is 15.1 Å². The average Bonchev–Trinajstić information content (AvgIpc) is 3.38. The minimum atomic E-state index is -0.625. The van der Waals surface area contributed by atoms with Crippen LogP contribution in [0.5, 0.6) is 5.75 Å². The summed E-state index contributed by atoms with van der Waals surface area (Å²) >= 11 is 0. The smallest absolute Gasteiger partial charge is 0.287 e. The van der Waals surface area contributed by atoms with Crippen molar-refractivity contribution < 1.29 is 23.5 Å². The molecule has 208 valence electrons. The van der Waals surface area contributed by atoms with Gasteiger partial charge in [-0.3, -0.25) is 19.2 Å². The zero-order valence-corrected chi connectivity index (χ0v) is 22.4. The number of hydrogen-bond acceptors (Lipinski definition) is 6. The molecule has 3 aromatic rings. The first-order valence-electron chi connectivity index (χ1n) is 13.7. The Kier molecular flexibility index (Phi) is 8.28. The van der Waals surface area contributed by atoms with Crippen molar-refractivity contribution >= 4 is 28.7 Å². The highest BCUT2D eigenvalue weighted by molar-refractivity contribution is 5.95. The molecule has 2 fully saturated rings. The molecule has 2 saturated heterocycles. The molecule has 9 heteroatoms. The van der Waals surface area contributed by atoms with Crippen molar-refractivity contribution in [3.63, 3.8) is 0 Å². The van der Waals surface area contributed by atoms with Crippen LogP contribution >= 0.6 is 0 Å². The van der Waals surface area contributed by atoms with Crippen LogP contribution in [0.25, 0.3) is 11.0 Å². The van der Waals surface area contributed by atoms with E-state index in [1.165, 1.54) is 11.1 Å². The molecule has 5 rings (SSSR count). The Balaban J connectivity index is 1.15.